The van der Waals surface area contributed by atoms with Crippen LogP contribution in [0.1, 0.15) is 88.8 Å². The highest BCUT2D eigenvalue weighted by atomic mass is 16.5. The van der Waals surface area contributed by atoms with Crippen molar-refractivity contribution >= 4 is 47.9 Å². The van der Waals surface area contributed by atoms with Crippen LogP contribution in [0.4, 0.5) is 5.69 Å². The summed E-state index contributed by atoms with van der Waals surface area (Å²) in [6.45, 7) is 8.80. The van der Waals surface area contributed by atoms with E-state index in [9.17, 15) is 19.2 Å². The van der Waals surface area contributed by atoms with Crippen LogP contribution in [0.5, 0.6) is 11.5 Å². The number of ether oxygens (including phenoxy) is 6. The van der Waals surface area contributed by atoms with Crippen molar-refractivity contribution in [3.63, 3.8) is 0 Å². The molecule has 0 radical (unpaired) electrons. The number of rotatable bonds is 24. The monoisotopic (exact) mass is 817 g/mol. The molecule has 0 aliphatic heterocycles. The summed E-state index contributed by atoms with van der Waals surface area (Å²) < 4.78 is 30.7. The van der Waals surface area contributed by atoms with Crippen LogP contribution in [0.3, 0.4) is 0 Å². The third-order valence-corrected chi connectivity index (χ3v) is 8.65. The van der Waals surface area contributed by atoms with E-state index in [2.05, 4.69) is 22.9 Å². The number of carbonyl (C=O) groups excluding carboxylic acids is 4. The summed E-state index contributed by atoms with van der Waals surface area (Å²) >= 11 is 0. The number of aliphatic imine (C=N–C) groups is 1. The molecule has 0 atom stereocenters. The Morgan fingerprint density at radius 1 is 0.483 bits per heavy atom. The van der Waals surface area contributed by atoms with Crippen molar-refractivity contribution in [3.05, 3.63) is 150 Å². The Morgan fingerprint density at radius 3 is 1.30 bits per heavy atom. The summed E-state index contributed by atoms with van der Waals surface area (Å²) in [6, 6.07) is 29.7. The Kier molecular flexibility index (Phi) is 22.7. The first-order valence-corrected chi connectivity index (χ1v) is 19.9. The van der Waals surface area contributed by atoms with Crippen molar-refractivity contribution in [2.24, 2.45) is 4.99 Å². The minimum Gasteiger partial charge on any atom is -0.494 e. The van der Waals surface area contributed by atoms with Gasteiger partial charge in [-0.3, -0.25) is 4.99 Å². The number of esters is 4. The van der Waals surface area contributed by atoms with Gasteiger partial charge in [0.1, 0.15) is 11.5 Å². The van der Waals surface area contributed by atoms with E-state index >= 15 is 0 Å². The van der Waals surface area contributed by atoms with E-state index in [-0.39, 0.29) is 17.9 Å². The van der Waals surface area contributed by atoms with E-state index in [1.165, 1.54) is 20.3 Å². The zero-order valence-corrected chi connectivity index (χ0v) is 34.6. The number of carbonyl (C=O) groups is 4. The second-order valence-corrected chi connectivity index (χ2v) is 13.2. The maximum Gasteiger partial charge on any atom is 0.337 e. The van der Waals surface area contributed by atoms with Gasteiger partial charge in [0, 0.05) is 18.4 Å². The van der Waals surface area contributed by atoms with Crippen molar-refractivity contribution in [1.29, 1.82) is 0 Å². The number of unbranched alkanes of at least 4 members (excludes halogenated alkanes) is 6. The van der Waals surface area contributed by atoms with Gasteiger partial charge in [0.15, 0.2) is 0 Å². The molecule has 0 aromatic heterocycles. The molecule has 4 aromatic carbocycles. The first-order valence-electron chi connectivity index (χ1n) is 19.9. The smallest absolute Gasteiger partial charge is 0.337 e. The van der Waals surface area contributed by atoms with Crippen LogP contribution >= 0.6 is 0 Å². The second kappa shape index (κ2) is 28.6. The molecule has 0 aliphatic rings. The van der Waals surface area contributed by atoms with Crippen molar-refractivity contribution in [1.82, 2.24) is 0 Å². The quantitative estimate of drug-likeness (QED) is 0.0168. The molecule has 0 N–H and O–H groups in total. The lowest BCUT2D eigenvalue weighted by Crippen LogP contribution is -2.04. The molecule has 4 aromatic rings. The number of nitrogens with zero attached hydrogens (tertiary/aromatic N) is 1. The highest BCUT2D eigenvalue weighted by molar-refractivity contribution is 5.91. The van der Waals surface area contributed by atoms with Gasteiger partial charge >= 0.3 is 23.9 Å². The molecular formula is C49H55NO10. The lowest BCUT2D eigenvalue weighted by molar-refractivity contribution is -0.138. The molecule has 0 saturated heterocycles. The summed E-state index contributed by atoms with van der Waals surface area (Å²) in [5, 5.41) is 0. The minimum atomic E-state index is -0.406. The van der Waals surface area contributed by atoms with Crippen LogP contribution in [0.25, 0.3) is 12.2 Å². The molecule has 316 valence electrons. The Labute approximate surface area is 353 Å². The Bertz CT molecular complexity index is 1970. The molecule has 0 spiro atoms. The Morgan fingerprint density at radius 2 is 0.850 bits per heavy atom. The number of hydrogen-bond donors (Lipinski definition) is 0. The molecule has 0 bridgehead atoms. The molecule has 0 fully saturated rings. The lowest BCUT2D eigenvalue weighted by atomic mass is 10.1. The topological polar surface area (TPSA) is 136 Å². The average molecular weight is 818 g/mol. The van der Waals surface area contributed by atoms with Gasteiger partial charge in [-0.15, -0.1) is 0 Å². The van der Waals surface area contributed by atoms with Crippen LogP contribution in [-0.4, -0.2) is 70.7 Å². The van der Waals surface area contributed by atoms with E-state index < -0.39 is 5.97 Å². The van der Waals surface area contributed by atoms with E-state index in [1.54, 1.807) is 42.6 Å². The SMILES string of the molecule is C=CC(=O)OCCCCCCCCOc1ccc(C=Cc2ccc(C(=O)OC)cc2)cc1.C=CC(=O)OCCCCOc1ccc(N=Cc2ccc(C(=O)OC)cc2)cc1. The van der Waals surface area contributed by atoms with Gasteiger partial charge in [-0.05, 0) is 103 Å². The van der Waals surface area contributed by atoms with Crippen LogP contribution in [-0.2, 0) is 28.5 Å². The third kappa shape index (κ3) is 19.6. The molecule has 0 saturated carbocycles. The molecule has 0 heterocycles. The van der Waals surface area contributed by atoms with Crippen LogP contribution < -0.4 is 9.47 Å². The summed E-state index contributed by atoms with van der Waals surface area (Å²) in [7, 11) is 2.73. The number of methoxy groups -OCH3 is 2. The number of hydrogen-bond acceptors (Lipinski definition) is 11. The van der Waals surface area contributed by atoms with Crippen molar-refractivity contribution in [3.8, 4) is 11.5 Å². The van der Waals surface area contributed by atoms with Crippen LogP contribution in [0.2, 0.25) is 0 Å². The van der Waals surface area contributed by atoms with E-state index in [4.69, 9.17) is 23.7 Å². The summed E-state index contributed by atoms with van der Waals surface area (Å²) in [6.07, 6.45) is 16.0. The van der Waals surface area contributed by atoms with E-state index in [0.29, 0.717) is 37.6 Å². The van der Waals surface area contributed by atoms with Gasteiger partial charge in [0.05, 0.1) is 57.5 Å². The average Bonchev–Trinajstić information content (AvgIpc) is 3.29. The zero-order chi connectivity index (χ0) is 43.2. The Hall–Kier alpha value is -6.75. The number of benzene rings is 4. The molecule has 60 heavy (non-hydrogen) atoms. The highest BCUT2D eigenvalue weighted by Gasteiger charge is 2.05. The third-order valence-electron chi connectivity index (χ3n) is 8.65. The summed E-state index contributed by atoms with van der Waals surface area (Å²) in [4.78, 5) is 49.1. The largest absolute Gasteiger partial charge is 0.494 e. The van der Waals surface area contributed by atoms with Crippen molar-refractivity contribution in [2.45, 2.75) is 51.4 Å². The maximum absolute atomic E-state index is 11.5. The highest BCUT2D eigenvalue weighted by Crippen LogP contribution is 2.19. The summed E-state index contributed by atoms with van der Waals surface area (Å²) in [5.74, 6) is 0.171. The maximum atomic E-state index is 11.5. The van der Waals surface area contributed by atoms with Crippen LogP contribution in [0, 0.1) is 0 Å². The van der Waals surface area contributed by atoms with Gasteiger partial charge in [0.2, 0.25) is 0 Å². The lowest BCUT2D eigenvalue weighted by Gasteiger charge is -2.07. The first-order chi connectivity index (χ1) is 29.2. The first kappa shape index (κ1) is 47.6. The molecule has 11 nitrogen and oxygen atoms in total. The summed E-state index contributed by atoms with van der Waals surface area (Å²) in [5.41, 5.74) is 4.80. The van der Waals surface area contributed by atoms with Crippen molar-refractivity contribution in [2.75, 3.05) is 40.6 Å². The van der Waals surface area contributed by atoms with Gasteiger partial charge in [-0.2, -0.15) is 0 Å². The fraction of sp³-hybridized carbons (Fsp3) is 0.286. The molecular weight excluding hydrogens is 763 g/mol. The second-order valence-electron chi connectivity index (χ2n) is 13.2. The van der Waals surface area contributed by atoms with Crippen LogP contribution in [0.15, 0.2) is 127 Å². The molecule has 0 amide bonds. The minimum absolute atomic E-state index is 0.333. The molecule has 0 aliphatic carbocycles. The van der Waals surface area contributed by atoms with Gasteiger partial charge in [-0.1, -0.05) is 87.4 Å². The standard InChI is InChI=1S/C27H32O5.C22H23NO5/c1-3-26(28)32-21-9-7-5-4-6-8-20-31-25-18-14-23(15-19-25)11-10-22-12-16-24(17-13-22)27(29)30-2;1-3-21(24)28-15-5-4-14-27-20-12-10-19(11-13-20)23-16-17-6-8-18(9-7-17)22(25)26-2/h3,10-19H,1,4-9,20-21H2,2H3;3,6-13,16H,1,4-5,14-15H2,2H3. The normalized spacial score (nSPS) is 10.6. The van der Waals surface area contributed by atoms with Gasteiger partial charge in [0.25, 0.3) is 0 Å². The van der Waals surface area contributed by atoms with E-state index in [0.717, 1.165) is 91.3 Å². The molecule has 11 heteroatoms. The fourth-order valence-corrected chi connectivity index (χ4v) is 5.28. The zero-order valence-electron chi connectivity index (χ0n) is 34.6. The predicted molar refractivity (Wildman–Crippen MR) is 235 cm³/mol. The Balaban J connectivity index is 0.000000323. The molecule has 0 unspecified atom stereocenters. The molecule has 4 rings (SSSR count). The predicted octanol–water partition coefficient (Wildman–Crippen LogP) is 10.2. The van der Waals surface area contributed by atoms with Gasteiger partial charge < -0.3 is 28.4 Å². The van der Waals surface area contributed by atoms with Crippen molar-refractivity contribution < 1.29 is 47.6 Å². The van der Waals surface area contributed by atoms with E-state index in [1.807, 2.05) is 72.8 Å². The van der Waals surface area contributed by atoms with Gasteiger partial charge in [-0.25, -0.2) is 19.2 Å². The fourth-order valence-electron chi connectivity index (χ4n) is 5.28.